The Bertz CT molecular complexity index is 75.0. The van der Waals surface area contributed by atoms with Gasteiger partial charge in [-0.15, -0.1) is 0 Å². The predicted molar refractivity (Wildman–Crippen MR) is 53.8 cm³/mol. The first-order valence-corrected chi connectivity index (χ1v) is 4.39. The fourth-order valence-electron chi connectivity index (χ4n) is 0.258. The van der Waals surface area contributed by atoms with Crippen LogP contribution in [0.15, 0.2) is 0 Å². The third-order valence-corrected chi connectivity index (χ3v) is 0.576. The first-order valence-electron chi connectivity index (χ1n) is 2.87. The second kappa shape index (κ2) is 7.71. The number of halogens is 4. The molecule has 0 unspecified atom stereocenters. The van der Waals surface area contributed by atoms with Crippen LogP contribution in [0.2, 0.25) is 0 Å². The van der Waals surface area contributed by atoms with Crippen LogP contribution in [0.3, 0.4) is 0 Å². The zero-order valence-electron chi connectivity index (χ0n) is 6.45. The molecule has 0 saturated heterocycles. The molecule has 0 bridgehead atoms. The van der Waals surface area contributed by atoms with Crippen molar-refractivity contribution >= 4 is 46.4 Å². The lowest BCUT2D eigenvalue weighted by atomic mass is 10.6. The van der Waals surface area contributed by atoms with E-state index in [1.165, 1.54) is 0 Å². The maximum atomic E-state index is 5.19. The average molecular weight is 242 g/mol. The summed E-state index contributed by atoms with van der Waals surface area (Å²) in [5.74, 6) is 0. The molecule has 0 aliphatic carbocycles. The van der Waals surface area contributed by atoms with Crippen molar-refractivity contribution in [2.45, 2.75) is 3.25 Å². The van der Waals surface area contributed by atoms with E-state index in [9.17, 15) is 0 Å². The van der Waals surface area contributed by atoms with E-state index in [0.717, 1.165) is 13.1 Å². The van der Waals surface area contributed by atoms with Gasteiger partial charge in [-0.25, -0.2) is 0 Å². The minimum absolute atomic E-state index is 0.757. The molecule has 0 aromatic rings. The molecule has 11 heavy (non-hydrogen) atoms. The van der Waals surface area contributed by atoms with Crippen molar-refractivity contribution in [1.82, 2.24) is 4.90 Å². The largest absolute Gasteiger partial charge is 0.329 e. The lowest BCUT2D eigenvalue weighted by molar-refractivity contribution is 0.420. The molecule has 2 nitrogen and oxygen atoms in total. The molecule has 70 valence electrons. The molecule has 0 radical (unpaired) electrons. The number of hydrogen-bond donors (Lipinski definition) is 1. The maximum absolute atomic E-state index is 5.19. The topological polar surface area (TPSA) is 29.3 Å². The van der Waals surface area contributed by atoms with Gasteiger partial charge < -0.3 is 10.6 Å². The van der Waals surface area contributed by atoms with E-state index < -0.39 is 3.25 Å². The highest BCUT2D eigenvalue weighted by Crippen LogP contribution is 2.29. The van der Waals surface area contributed by atoms with E-state index >= 15 is 0 Å². The van der Waals surface area contributed by atoms with E-state index in [1.807, 2.05) is 14.1 Å². The Morgan fingerprint density at radius 1 is 1.18 bits per heavy atom. The summed E-state index contributed by atoms with van der Waals surface area (Å²) in [7, 11) is 4.01. The molecule has 2 N–H and O–H groups in total. The van der Waals surface area contributed by atoms with Crippen molar-refractivity contribution < 1.29 is 0 Å². The highest BCUT2D eigenvalue weighted by molar-refractivity contribution is 6.83. The summed E-state index contributed by atoms with van der Waals surface area (Å²) in [5, 5.41) is 0. The lowest BCUT2D eigenvalue weighted by Crippen LogP contribution is -2.20. The van der Waals surface area contributed by atoms with Crippen LogP contribution in [0.5, 0.6) is 0 Å². The van der Waals surface area contributed by atoms with E-state index in [2.05, 4.69) is 4.90 Å². The number of hydrogen-bond acceptors (Lipinski definition) is 2. The number of likely N-dealkylation sites (N-methyl/N-ethyl adjacent to an activating group) is 1. The Morgan fingerprint density at radius 3 is 1.45 bits per heavy atom. The Morgan fingerprint density at radius 2 is 1.45 bits per heavy atom. The van der Waals surface area contributed by atoms with Crippen LogP contribution in [0, 0.1) is 0 Å². The SMILES string of the molecule is CN(C)CCN.ClC(Cl)(Cl)Cl. The third kappa shape index (κ3) is 54.9. The van der Waals surface area contributed by atoms with Crippen molar-refractivity contribution in [2.75, 3.05) is 27.2 Å². The molecule has 0 aromatic heterocycles. The predicted octanol–water partition coefficient (Wildman–Crippen LogP) is 2.06. The summed E-state index contributed by atoms with van der Waals surface area (Å²) < 4.78 is -1.61. The molecule has 0 fully saturated rings. The number of nitrogens with zero attached hydrogens (tertiary/aromatic N) is 1. The summed E-state index contributed by atoms with van der Waals surface area (Å²) in [6.07, 6.45) is 0. The van der Waals surface area contributed by atoms with E-state index in [-0.39, 0.29) is 0 Å². The van der Waals surface area contributed by atoms with Gasteiger partial charge in [-0.1, -0.05) is 46.4 Å². The fraction of sp³-hybridized carbons (Fsp3) is 1.00. The zero-order chi connectivity index (χ0) is 9.49. The molecule has 0 amide bonds. The first kappa shape index (κ1) is 14.6. The van der Waals surface area contributed by atoms with Gasteiger partial charge in [0, 0.05) is 13.1 Å². The van der Waals surface area contributed by atoms with E-state index in [1.54, 1.807) is 0 Å². The summed E-state index contributed by atoms with van der Waals surface area (Å²) >= 11 is 19.3. The van der Waals surface area contributed by atoms with Crippen LogP contribution in [-0.2, 0) is 0 Å². The third-order valence-electron chi connectivity index (χ3n) is 0.576. The standard InChI is InChI=1S/C4H12N2.CCl4/c1-6(2)4-3-5;2-1(3,4)5/h3-5H2,1-2H3;. The number of rotatable bonds is 2. The maximum Gasteiger partial charge on any atom is 0.266 e. The van der Waals surface area contributed by atoms with Crippen molar-refractivity contribution in [1.29, 1.82) is 0 Å². The van der Waals surface area contributed by atoms with Gasteiger partial charge >= 0.3 is 0 Å². The molecule has 0 spiro atoms. The van der Waals surface area contributed by atoms with Gasteiger partial charge in [-0.2, -0.15) is 0 Å². The highest BCUT2D eigenvalue weighted by Gasteiger charge is 2.11. The summed E-state index contributed by atoms with van der Waals surface area (Å²) in [5.41, 5.74) is 5.19. The van der Waals surface area contributed by atoms with Gasteiger partial charge in [0.15, 0.2) is 0 Å². The fourth-order valence-corrected chi connectivity index (χ4v) is 0.258. The molecular formula is C5H12Cl4N2. The first-order chi connectivity index (χ1) is 4.77. The monoisotopic (exact) mass is 240 g/mol. The molecule has 6 heteroatoms. The van der Waals surface area contributed by atoms with Crippen LogP contribution in [0.4, 0.5) is 0 Å². The van der Waals surface area contributed by atoms with Crippen molar-refractivity contribution in [3.05, 3.63) is 0 Å². The highest BCUT2D eigenvalue weighted by atomic mass is 35.6. The normalized spacial score (nSPS) is 10.9. The molecule has 0 rings (SSSR count). The molecule has 0 aromatic carbocycles. The van der Waals surface area contributed by atoms with Gasteiger partial charge in [-0.05, 0) is 14.1 Å². The van der Waals surface area contributed by atoms with E-state index in [4.69, 9.17) is 52.1 Å². The molecule has 0 aliphatic rings. The molecule has 0 atom stereocenters. The number of nitrogens with two attached hydrogens (primary N) is 1. The lowest BCUT2D eigenvalue weighted by Gasteiger charge is -2.03. The van der Waals surface area contributed by atoms with E-state index in [0.29, 0.717) is 0 Å². The summed E-state index contributed by atoms with van der Waals surface area (Å²) in [6, 6.07) is 0. The van der Waals surface area contributed by atoms with Crippen LogP contribution >= 0.6 is 46.4 Å². The summed E-state index contributed by atoms with van der Waals surface area (Å²) in [4.78, 5) is 2.06. The minimum atomic E-state index is -1.61. The molecule has 0 saturated carbocycles. The van der Waals surface area contributed by atoms with Crippen molar-refractivity contribution in [3.8, 4) is 0 Å². The van der Waals surface area contributed by atoms with Gasteiger partial charge in [0.25, 0.3) is 3.25 Å². The smallest absolute Gasteiger partial charge is 0.266 e. The van der Waals surface area contributed by atoms with Crippen molar-refractivity contribution in [2.24, 2.45) is 5.73 Å². The van der Waals surface area contributed by atoms with Crippen LogP contribution in [0.25, 0.3) is 0 Å². The second-order valence-corrected chi connectivity index (χ2v) is 5.45. The van der Waals surface area contributed by atoms with Crippen molar-refractivity contribution in [3.63, 3.8) is 0 Å². The average Bonchev–Trinajstić information content (AvgIpc) is 1.58. The second-order valence-electron chi connectivity index (χ2n) is 2.02. The van der Waals surface area contributed by atoms with Crippen LogP contribution in [0.1, 0.15) is 0 Å². The Balaban J connectivity index is 0. The zero-order valence-corrected chi connectivity index (χ0v) is 9.47. The Kier molecular flexibility index (Phi) is 10.2. The molecular weight excluding hydrogens is 230 g/mol. The van der Waals surface area contributed by atoms with Gasteiger partial charge in [0.2, 0.25) is 0 Å². The van der Waals surface area contributed by atoms with Gasteiger partial charge in [0.05, 0.1) is 0 Å². The molecule has 0 aliphatic heterocycles. The minimum Gasteiger partial charge on any atom is -0.329 e. The van der Waals surface area contributed by atoms with Crippen LogP contribution < -0.4 is 5.73 Å². The van der Waals surface area contributed by atoms with Crippen LogP contribution in [-0.4, -0.2) is 35.3 Å². The summed E-state index contributed by atoms with van der Waals surface area (Å²) in [6.45, 7) is 1.74. The number of alkyl halides is 4. The van der Waals surface area contributed by atoms with Gasteiger partial charge in [0.1, 0.15) is 0 Å². The molecule has 0 heterocycles. The van der Waals surface area contributed by atoms with Gasteiger partial charge in [-0.3, -0.25) is 0 Å². The Hall–Kier alpha value is 1.08. The quantitative estimate of drug-likeness (QED) is 0.751. The Labute approximate surface area is 87.5 Å².